The molecule has 0 amide bonds. The van der Waals surface area contributed by atoms with Crippen molar-refractivity contribution in [3.8, 4) is 0 Å². The van der Waals surface area contributed by atoms with Crippen molar-refractivity contribution in [3.63, 3.8) is 0 Å². The van der Waals surface area contributed by atoms with Gasteiger partial charge in [0, 0.05) is 4.47 Å². The SMILES string of the molecule is O=S(=O)(N[C@@H](CO)c1ccccc1)c1cccc(Br)c1. The lowest BCUT2D eigenvalue weighted by atomic mass is 10.1. The molecule has 2 aromatic carbocycles. The molecule has 0 aromatic heterocycles. The Morgan fingerprint density at radius 2 is 1.80 bits per heavy atom. The van der Waals surface area contributed by atoms with E-state index >= 15 is 0 Å². The number of halogens is 1. The third-order valence-corrected chi connectivity index (χ3v) is 4.75. The van der Waals surface area contributed by atoms with E-state index in [1.807, 2.05) is 6.07 Å². The number of hydrogen-bond acceptors (Lipinski definition) is 3. The Morgan fingerprint density at radius 1 is 1.10 bits per heavy atom. The van der Waals surface area contributed by atoms with Crippen molar-refractivity contribution in [2.75, 3.05) is 6.61 Å². The van der Waals surface area contributed by atoms with E-state index in [1.165, 1.54) is 12.1 Å². The van der Waals surface area contributed by atoms with Crippen LogP contribution in [0.1, 0.15) is 11.6 Å². The Hall–Kier alpha value is -1.21. The maximum Gasteiger partial charge on any atom is 0.241 e. The highest BCUT2D eigenvalue weighted by molar-refractivity contribution is 9.10. The molecule has 0 radical (unpaired) electrons. The van der Waals surface area contributed by atoms with Crippen molar-refractivity contribution in [1.29, 1.82) is 0 Å². The van der Waals surface area contributed by atoms with Gasteiger partial charge in [0.15, 0.2) is 0 Å². The molecule has 6 heteroatoms. The normalized spacial score (nSPS) is 13.1. The molecule has 1 atom stereocenters. The first kappa shape index (κ1) is 15.2. The summed E-state index contributed by atoms with van der Waals surface area (Å²) in [5.41, 5.74) is 0.716. The standard InChI is InChI=1S/C14H14BrNO3S/c15-12-7-4-8-13(9-12)20(18,19)16-14(10-17)11-5-2-1-3-6-11/h1-9,14,16-17H,10H2/t14-/m0/s1. The van der Waals surface area contributed by atoms with Gasteiger partial charge in [-0.1, -0.05) is 52.3 Å². The van der Waals surface area contributed by atoms with Crippen molar-refractivity contribution < 1.29 is 13.5 Å². The van der Waals surface area contributed by atoms with Gasteiger partial charge in [-0.2, -0.15) is 0 Å². The third kappa shape index (κ3) is 3.67. The molecule has 0 unspecified atom stereocenters. The van der Waals surface area contributed by atoms with Gasteiger partial charge in [-0.3, -0.25) is 0 Å². The molecule has 4 nitrogen and oxygen atoms in total. The van der Waals surface area contributed by atoms with Crippen LogP contribution in [-0.2, 0) is 10.0 Å². The fraction of sp³-hybridized carbons (Fsp3) is 0.143. The van der Waals surface area contributed by atoms with Crippen LogP contribution >= 0.6 is 15.9 Å². The first-order valence-electron chi connectivity index (χ1n) is 5.96. The van der Waals surface area contributed by atoms with Gasteiger partial charge < -0.3 is 5.11 Å². The van der Waals surface area contributed by atoms with Crippen molar-refractivity contribution >= 4 is 26.0 Å². The molecule has 0 saturated heterocycles. The highest BCUT2D eigenvalue weighted by Crippen LogP contribution is 2.19. The van der Waals surface area contributed by atoms with Crippen LogP contribution in [0.5, 0.6) is 0 Å². The second kappa shape index (κ2) is 6.49. The van der Waals surface area contributed by atoms with Crippen LogP contribution in [-0.4, -0.2) is 20.1 Å². The maximum atomic E-state index is 12.3. The minimum absolute atomic E-state index is 0.154. The van der Waals surface area contributed by atoms with E-state index in [9.17, 15) is 13.5 Å². The summed E-state index contributed by atoms with van der Waals surface area (Å²) in [7, 11) is -3.68. The summed E-state index contributed by atoms with van der Waals surface area (Å²) in [5.74, 6) is 0. The Labute approximate surface area is 126 Å². The second-order valence-electron chi connectivity index (χ2n) is 4.22. The lowest BCUT2D eigenvalue weighted by molar-refractivity contribution is 0.259. The zero-order valence-corrected chi connectivity index (χ0v) is 12.9. The smallest absolute Gasteiger partial charge is 0.241 e. The molecule has 106 valence electrons. The fourth-order valence-electron chi connectivity index (χ4n) is 1.79. The van der Waals surface area contributed by atoms with Gasteiger partial charge in [-0.25, -0.2) is 13.1 Å². The number of nitrogens with one attached hydrogen (secondary N) is 1. The van der Waals surface area contributed by atoms with E-state index in [0.29, 0.717) is 10.0 Å². The Balaban J connectivity index is 2.27. The van der Waals surface area contributed by atoms with Crippen molar-refractivity contribution in [1.82, 2.24) is 4.72 Å². The maximum absolute atomic E-state index is 12.3. The highest BCUT2D eigenvalue weighted by atomic mass is 79.9. The van der Waals surface area contributed by atoms with Crippen LogP contribution in [0.3, 0.4) is 0 Å². The zero-order valence-electron chi connectivity index (χ0n) is 10.5. The largest absolute Gasteiger partial charge is 0.394 e. The first-order chi connectivity index (χ1) is 9.53. The molecule has 0 aliphatic heterocycles. The van der Waals surface area contributed by atoms with E-state index in [-0.39, 0.29) is 11.5 Å². The summed E-state index contributed by atoms with van der Waals surface area (Å²) in [4.78, 5) is 0.154. The van der Waals surface area contributed by atoms with Crippen LogP contribution in [0.25, 0.3) is 0 Å². The van der Waals surface area contributed by atoms with Crippen molar-refractivity contribution in [3.05, 3.63) is 64.6 Å². The zero-order chi connectivity index (χ0) is 14.6. The lowest BCUT2D eigenvalue weighted by Crippen LogP contribution is -2.30. The summed E-state index contributed by atoms with van der Waals surface area (Å²) in [5, 5.41) is 9.41. The molecule has 0 spiro atoms. The average molecular weight is 356 g/mol. The molecule has 0 aliphatic carbocycles. The molecule has 0 heterocycles. The minimum Gasteiger partial charge on any atom is -0.394 e. The molecule has 0 fully saturated rings. The van der Waals surface area contributed by atoms with Crippen molar-refractivity contribution in [2.45, 2.75) is 10.9 Å². The predicted molar refractivity (Wildman–Crippen MR) is 80.7 cm³/mol. The van der Waals surface area contributed by atoms with Gasteiger partial charge >= 0.3 is 0 Å². The Kier molecular flexibility index (Phi) is 4.93. The second-order valence-corrected chi connectivity index (χ2v) is 6.85. The summed E-state index contributed by atoms with van der Waals surface area (Å²) < 4.78 is 27.8. The fourth-order valence-corrected chi connectivity index (χ4v) is 3.60. The van der Waals surface area contributed by atoms with Crippen LogP contribution in [0.15, 0.2) is 64.0 Å². The highest BCUT2D eigenvalue weighted by Gasteiger charge is 2.20. The van der Waals surface area contributed by atoms with Crippen LogP contribution in [0.2, 0.25) is 0 Å². The summed E-state index contributed by atoms with van der Waals surface area (Å²) in [6.07, 6.45) is 0. The van der Waals surface area contributed by atoms with Crippen LogP contribution < -0.4 is 4.72 Å². The average Bonchev–Trinajstić information content (AvgIpc) is 2.46. The number of sulfonamides is 1. The number of hydrogen-bond donors (Lipinski definition) is 2. The summed E-state index contributed by atoms with van der Waals surface area (Å²) in [6.45, 7) is -0.308. The van der Waals surface area contributed by atoms with E-state index in [0.717, 1.165) is 0 Å². The number of rotatable bonds is 5. The summed E-state index contributed by atoms with van der Waals surface area (Å²) >= 11 is 3.24. The predicted octanol–water partition coefficient (Wildman–Crippen LogP) is 2.46. The van der Waals surface area contributed by atoms with E-state index < -0.39 is 16.1 Å². The van der Waals surface area contributed by atoms with Gasteiger partial charge in [-0.15, -0.1) is 0 Å². The molecule has 2 rings (SSSR count). The molecule has 0 saturated carbocycles. The quantitative estimate of drug-likeness (QED) is 0.865. The van der Waals surface area contributed by atoms with E-state index in [4.69, 9.17) is 0 Å². The van der Waals surface area contributed by atoms with Crippen LogP contribution in [0.4, 0.5) is 0 Å². The van der Waals surface area contributed by atoms with Gasteiger partial charge in [-0.05, 0) is 23.8 Å². The topological polar surface area (TPSA) is 66.4 Å². The Morgan fingerprint density at radius 3 is 2.40 bits per heavy atom. The molecule has 2 aromatic rings. The summed E-state index contributed by atoms with van der Waals surface area (Å²) in [6, 6.07) is 14.7. The molecular formula is C14H14BrNO3S. The van der Waals surface area contributed by atoms with Crippen LogP contribution in [0, 0.1) is 0 Å². The molecule has 0 aliphatic rings. The van der Waals surface area contributed by atoms with Crippen molar-refractivity contribution in [2.24, 2.45) is 0 Å². The monoisotopic (exact) mass is 355 g/mol. The number of benzene rings is 2. The minimum atomic E-state index is -3.68. The molecule has 0 bridgehead atoms. The van der Waals surface area contributed by atoms with E-state index in [2.05, 4.69) is 20.7 Å². The molecular weight excluding hydrogens is 342 g/mol. The lowest BCUT2D eigenvalue weighted by Gasteiger charge is -2.17. The number of aliphatic hydroxyl groups is 1. The molecule has 20 heavy (non-hydrogen) atoms. The van der Waals surface area contributed by atoms with Gasteiger partial charge in [0.1, 0.15) is 0 Å². The number of aliphatic hydroxyl groups excluding tert-OH is 1. The van der Waals surface area contributed by atoms with Gasteiger partial charge in [0.25, 0.3) is 0 Å². The van der Waals surface area contributed by atoms with Gasteiger partial charge in [0.05, 0.1) is 17.5 Å². The van der Waals surface area contributed by atoms with Gasteiger partial charge in [0.2, 0.25) is 10.0 Å². The third-order valence-electron chi connectivity index (χ3n) is 2.79. The van der Waals surface area contributed by atoms with E-state index in [1.54, 1.807) is 36.4 Å². The molecule has 2 N–H and O–H groups in total. The first-order valence-corrected chi connectivity index (χ1v) is 8.24. The Bertz CT molecular complexity index is 674.